The average molecular weight is 483 g/mol. The normalized spacial score (nSPS) is 26.4. The van der Waals surface area contributed by atoms with E-state index in [1.165, 1.54) is 62.1 Å². The van der Waals surface area contributed by atoms with Gasteiger partial charge in [0.15, 0.2) is 5.96 Å². The number of hydrogen-bond donors (Lipinski definition) is 4. The molecule has 3 saturated carbocycles. The molecular weight excluding hydrogens is 451 g/mol. The lowest BCUT2D eigenvalue weighted by Gasteiger charge is -2.32. The summed E-state index contributed by atoms with van der Waals surface area (Å²) in [7, 11) is 0. The molecule has 3 aliphatic carbocycles. The van der Waals surface area contributed by atoms with E-state index in [9.17, 15) is 9.18 Å². The maximum absolute atomic E-state index is 14.6. The molecular formula is C25H31FN6OS. The van der Waals surface area contributed by atoms with Crippen LogP contribution in [0.4, 0.5) is 10.1 Å². The average Bonchev–Trinajstić information content (AvgIpc) is 3.64. The number of halogens is 1. The molecule has 7 nitrogen and oxygen atoms in total. The lowest BCUT2D eigenvalue weighted by atomic mass is 9.73. The number of thiazole rings is 1. The third kappa shape index (κ3) is 4.17. The lowest BCUT2D eigenvalue weighted by Crippen LogP contribution is -2.34. The molecule has 34 heavy (non-hydrogen) atoms. The molecule has 0 saturated heterocycles. The van der Waals surface area contributed by atoms with Crippen LogP contribution in [0.15, 0.2) is 45.9 Å². The maximum Gasteiger partial charge on any atom is 0.248 e. The van der Waals surface area contributed by atoms with Gasteiger partial charge in [-0.05, 0) is 62.6 Å². The Hall–Kier alpha value is -2.94. The van der Waals surface area contributed by atoms with Crippen LogP contribution in [0.3, 0.4) is 0 Å². The quantitative estimate of drug-likeness (QED) is 0.269. The van der Waals surface area contributed by atoms with Crippen molar-refractivity contribution in [2.24, 2.45) is 27.3 Å². The number of guanidine groups is 1. The number of nitrogens with zero attached hydrogens (tertiary/aromatic N) is 2. The third-order valence-corrected chi connectivity index (χ3v) is 8.54. The summed E-state index contributed by atoms with van der Waals surface area (Å²) in [6.07, 6.45) is 10.5. The van der Waals surface area contributed by atoms with Crippen molar-refractivity contribution in [2.45, 2.75) is 64.0 Å². The first kappa shape index (κ1) is 22.8. The summed E-state index contributed by atoms with van der Waals surface area (Å²) in [5, 5.41) is 7.88. The zero-order valence-electron chi connectivity index (χ0n) is 19.3. The first-order valence-electron chi connectivity index (χ1n) is 11.9. The fourth-order valence-electron chi connectivity index (χ4n) is 5.86. The number of aliphatic imine (C=N–C) groups is 1. The van der Waals surface area contributed by atoms with E-state index in [1.807, 2.05) is 0 Å². The molecule has 180 valence electrons. The molecule has 5 rings (SSSR count). The minimum atomic E-state index is -0.591. The number of fused-ring (bicyclic) bond motifs is 1. The highest BCUT2D eigenvalue weighted by atomic mass is 32.1. The molecule has 0 aliphatic heterocycles. The summed E-state index contributed by atoms with van der Waals surface area (Å²) in [5.74, 6) is -0.684. The van der Waals surface area contributed by atoms with E-state index in [-0.39, 0.29) is 6.04 Å². The Morgan fingerprint density at radius 2 is 2.09 bits per heavy atom. The van der Waals surface area contributed by atoms with Crippen LogP contribution in [-0.4, -0.2) is 28.9 Å². The van der Waals surface area contributed by atoms with Crippen LogP contribution in [0.2, 0.25) is 0 Å². The van der Waals surface area contributed by atoms with Crippen molar-refractivity contribution in [1.29, 1.82) is 0 Å². The molecule has 0 bridgehead atoms. The topological polar surface area (TPSA) is 118 Å². The zero-order chi connectivity index (χ0) is 23.9. The minimum absolute atomic E-state index is 0.267. The van der Waals surface area contributed by atoms with Gasteiger partial charge >= 0.3 is 0 Å². The number of aromatic nitrogens is 1. The van der Waals surface area contributed by atoms with Crippen molar-refractivity contribution < 1.29 is 9.18 Å². The predicted molar refractivity (Wildman–Crippen MR) is 134 cm³/mol. The number of carbonyl (C=O) groups excluding carboxylic acids is 1. The summed E-state index contributed by atoms with van der Waals surface area (Å²) >= 11 is 1.41. The lowest BCUT2D eigenvalue weighted by molar-refractivity contribution is -0.114. The van der Waals surface area contributed by atoms with E-state index >= 15 is 0 Å². The Morgan fingerprint density at radius 1 is 1.29 bits per heavy atom. The highest BCUT2D eigenvalue weighted by Crippen LogP contribution is 2.76. The van der Waals surface area contributed by atoms with Crippen LogP contribution >= 0.6 is 11.3 Å². The summed E-state index contributed by atoms with van der Waals surface area (Å²) < 4.78 is 14.6. The van der Waals surface area contributed by atoms with Crippen molar-refractivity contribution in [3.8, 4) is 11.3 Å². The number of primary amides is 1. The van der Waals surface area contributed by atoms with Crippen molar-refractivity contribution >= 4 is 28.9 Å². The summed E-state index contributed by atoms with van der Waals surface area (Å²) in [6, 6.07) is 4.60. The Kier molecular flexibility index (Phi) is 5.83. The smallest absolute Gasteiger partial charge is 0.248 e. The molecule has 0 radical (unpaired) electrons. The summed E-state index contributed by atoms with van der Waals surface area (Å²) in [5.41, 5.74) is 16.2. The first-order valence-corrected chi connectivity index (χ1v) is 12.8. The van der Waals surface area contributed by atoms with Gasteiger partial charge in [0, 0.05) is 28.2 Å². The second kappa shape index (κ2) is 8.69. The van der Waals surface area contributed by atoms with E-state index in [0.29, 0.717) is 39.3 Å². The van der Waals surface area contributed by atoms with Gasteiger partial charge in [0.25, 0.3) is 0 Å². The Morgan fingerprint density at radius 3 is 2.76 bits per heavy atom. The van der Waals surface area contributed by atoms with Gasteiger partial charge in [-0.25, -0.2) is 14.4 Å². The van der Waals surface area contributed by atoms with Crippen molar-refractivity contribution in [3.05, 3.63) is 46.7 Å². The van der Waals surface area contributed by atoms with E-state index in [1.54, 1.807) is 29.9 Å². The van der Waals surface area contributed by atoms with Crippen molar-refractivity contribution in [1.82, 2.24) is 10.3 Å². The molecule has 3 fully saturated rings. The van der Waals surface area contributed by atoms with Crippen LogP contribution in [0.5, 0.6) is 0 Å². The Balaban J connectivity index is 1.24. The van der Waals surface area contributed by atoms with Crippen molar-refractivity contribution in [2.75, 3.05) is 5.32 Å². The molecule has 3 atom stereocenters. The minimum Gasteiger partial charge on any atom is -0.378 e. The third-order valence-electron chi connectivity index (χ3n) is 7.96. The van der Waals surface area contributed by atoms with Gasteiger partial charge in [0.05, 0.1) is 28.9 Å². The highest BCUT2D eigenvalue weighted by molar-refractivity contribution is 7.07. The number of carbonyl (C=O) groups is 1. The molecule has 3 unspecified atom stereocenters. The second-order valence-corrected chi connectivity index (χ2v) is 10.6. The standard InChI is InChI=1S/C25H31FN6OS/c1-15(31-16-4-5-17(19(26)10-16)20-13-34-14-30-20)18(22(27)33)12-29-23(28)32-21-11-25(21)7-3-2-6-24(25)8-9-24/h4-5,10,12-15,21,31H,2-3,6-9,11H2,1H3,(H2,27,33)(H3,28,29,32)/b18-12+. The van der Waals surface area contributed by atoms with Crippen LogP contribution in [0.1, 0.15) is 51.9 Å². The zero-order valence-corrected chi connectivity index (χ0v) is 20.1. The van der Waals surface area contributed by atoms with Gasteiger partial charge in [-0.1, -0.05) is 12.8 Å². The fourth-order valence-corrected chi connectivity index (χ4v) is 6.41. The van der Waals surface area contributed by atoms with Gasteiger partial charge in [-0.15, -0.1) is 11.3 Å². The molecule has 1 amide bonds. The number of hydrogen-bond acceptors (Lipinski definition) is 5. The molecule has 2 spiro atoms. The van der Waals surface area contributed by atoms with E-state index in [4.69, 9.17) is 16.5 Å². The Bertz CT molecular complexity index is 1140. The van der Waals surface area contributed by atoms with Crippen LogP contribution < -0.4 is 22.1 Å². The number of nitrogens with one attached hydrogen (secondary N) is 2. The Labute approximate surface area is 202 Å². The molecule has 3 aliphatic rings. The monoisotopic (exact) mass is 482 g/mol. The van der Waals surface area contributed by atoms with E-state index in [2.05, 4.69) is 15.6 Å². The molecule has 6 N–H and O–H groups in total. The van der Waals surface area contributed by atoms with Crippen molar-refractivity contribution in [3.63, 3.8) is 0 Å². The van der Waals surface area contributed by atoms with Crippen LogP contribution in [0, 0.1) is 16.6 Å². The number of amides is 1. The SMILES string of the molecule is CC(Nc1ccc(-c2cscn2)c(F)c1)/C(=C\NC(N)=NC1CC12CCCCC21CC1)C(N)=O. The van der Waals surface area contributed by atoms with Crippen LogP contribution in [0.25, 0.3) is 11.3 Å². The number of benzene rings is 1. The van der Waals surface area contributed by atoms with E-state index < -0.39 is 17.8 Å². The van der Waals surface area contributed by atoms with Crippen LogP contribution in [-0.2, 0) is 4.79 Å². The van der Waals surface area contributed by atoms with E-state index in [0.717, 1.165) is 6.42 Å². The molecule has 1 aromatic carbocycles. The predicted octanol–water partition coefficient (Wildman–Crippen LogP) is 4.14. The molecule has 1 heterocycles. The van der Waals surface area contributed by atoms with Gasteiger partial charge in [0.2, 0.25) is 5.91 Å². The van der Waals surface area contributed by atoms with Gasteiger partial charge in [-0.3, -0.25) is 4.79 Å². The molecule has 9 heteroatoms. The maximum atomic E-state index is 14.6. The molecule has 1 aromatic heterocycles. The largest absolute Gasteiger partial charge is 0.378 e. The number of anilines is 1. The number of rotatable bonds is 7. The highest BCUT2D eigenvalue weighted by Gasteiger charge is 2.71. The van der Waals surface area contributed by atoms with Gasteiger partial charge in [0.1, 0.15) is 5.82 Å². The summed E-state index contributed by atoms with van der Waals surface area (Å²) in [4.78, 5) is 21.0. The summed E-state index contributed by atoms with van der Waals surface area (Å²) in [6.45, 7) is 1.78. The molecule has 2 aromatic rings. The number of nitrogens with two attached hydrogens (primary N) is 2. The second-order valence-electron chi connectivity index (χ2n) is 9.92. The fraction of sp³-hybridized carbons (Fsp3) is 0.480. The first-order chi connectivity index (χ1) is 16.3. The van der Waals surface area contributed by atoms with Gasteiger partial charge < -0.3 is 22.1 Å². The van der Waals surface area contributed by atoms with Gasteiger partial charge in [-0.2, -0.15) is 0 Å².